The van der Waals surface area contributed by atoms with Gasteiger partial charge in [0.05, 0.1) is 0 Å². The quantitative estimate of drug-likeness (QED) is 0.674. The van der Waals surface area contributed by atoms with Crippen molar-refractivity contribution >= 4 is 23.2 Å². The Morgan fingerprint density at radius 1 is 1.29 bits per heavy atom. The van der Waals surface area contributed by atoms with Gasteiger partial charge >= 0.3 is 0 Å². The van der Waals surface area contributed by atoms with Crippen LogP contribution in [0.1, 0.15) is 52.4 Å². The normalized spacial score (nSPS) is 23.3. The second kappa shape index (κ2) is 9.92. The van der Waals surface area contributed by atoms with Gasteiger partial charge in [0.1, 0.15) is 6.04 Å². The number of amides is 2. The van der Waals surface area contributed by atoms with Crippen LogP contribution in [0.15, 0.2) is 24.3 Å². The number of nitrogens with one attached hydrogen (secondary N) is 3. The van der Waals surface area contributed by atoms with Gasteiger partial charge in [-0.05, 0) is 63.8 Å². The maximum Gasteiger partial charge on any atom is 0.246 e. The van der Waals surface area contributed by atoms with Gasteiger partial charge in [-0.25, -0.2) is 0 Å². The molecule has 0 aromatic heterocycles. The van der Waals surface area contributed by atoms with Crippen molar-refractivity contribution in [3.05, 3.63) is 24.3 Å². The molecule has 3 rings (SSSR count). The fourth-order valence-corrected chi connectivity index (χ4v) is 4.20. The topological polar surface area (TPSA) is 73.5 Å². The molecular formula is C22H34N4O2. The fourth-order valence-electron chi connectivity index (χ4n) is 4.20. The van der Waals surface area contributed by atoms with Crippen molar-refractivity contribution in [2.24, 2.45) is 5.92 Å². The molecule has 28 heavy (non-hydrogen) atoms. The number of nitrogens with zero attached hydrogens (tertiary/aromatic N) is 1. The van der Waals surface area contributed by atoms with E-state index in [0.717, 1.165) is 50.3 Å². The molecule has 2 aliphatic heterocycles. The smallest absolute Gasteiger partial charge is 0.246 e. The van der Waals surface area contributed by atoms with Crippen molar-refractivity contribution in [2.45, 2.75) is 64.5 Å². The first-order valence-electron chi connectivity index (χ1n) is 10.8. The number of rotatable bonds is 7. The summed E-state index contributed by atoms with van der Waals surface area (Å²) in [6, 6.07) is 7.87. The number of carbonyl (C=O) groups excluding carboxylic acids is 2. The predicted molar refractivity (Wildman–Crippen MR) is 114 cm³/mol. The van der Waals surface area contributed by atoms with Crippen LogP contribution in [-0.4, -0.2) is 43.5 Å². The number of benzene rings is 1. The highest BCUT2D eigenvalue weighted by Gasteiger charge is 2.28. The molecule has 154 valence electrons. The number of hydrogen-bond donors (Lipinski definition) is 3. The molecular weight excluding hydrogens is 352 g/mol. The summed E-state index contributed by atoms with van der Waals surface area (Å²) in [5, 5.41) is 9.39. The lowest BCUT2D eigenvalue weighted by atomic mass is 9.92. The van der Waals surface area contributed by atoms with Gasteiger partial charge in [0, 0.05) is 36.4 Å². The lowest BCUT2D eigenvalue weighted by molar-refractivity contribution is -0.130. The van der Waals surface area contributed by atoms with Crippen molar-refractivity contribution in [1.29, 1.82) is 0 Å². The SMILES string of the molecule is CCCC(NC(=O)[C@H]1CCN[C@@H](C)C1)C(=O)Nc1cccc(N2CCCC2)c1. The first-order valence-corrected chi connectivity index (χ1v) is 10.8. The first kappa shape index (κ1) is 20.6. The number of piperidine rings is 1. The Bertz CT molecular complexity index is 672. The lowest BCUT2D eigenvalue weighted by Gasteiger charge is -2.28. The number of carbonyl (C=O) groups is 2. The van der Waals surface area contributed by atoms with E-state index < -0.39 is 6.04 Å². The number of anilines is 2. The summed E-state index contributed by atoms with van der Waals surface area (Å²) in [6.45, 7) is 7.13. The maximum absolute atomic E-state index is 12.9. The molecule has 0 spiro atoms. The molecule has 6 heteroatoms. The zero-order valence-electron chi connectivity index (χ0n) is 17.2. The van der Waals surface area contributed by atoms with Crippen molar-refractivity contribution in [1.82, 2.24) is 10.6 Å². The van der Waals surface area contributed by atoms with E-state index in [1.54, 1.807) is 0 Å². The monoisotopic (exact) mass is 386 g/mol. The van der Waals surface area contributed by atoms with Gasteiger partial charge in [-0.15, -0.1) is 0 Å². The van der Waals surface area contributed by atoms with Crippen LogP contribution in [-0.2, 0) is 9.59 Å². The highest BCUT2D eigenvalue weighted by Crippen LogP contribution is 2.23. The second-order valence-electron chi connectivity index (χ2n) is 8.16. The summed E-state index contributed by atoms with van der Waals surface area (Å²) < 4.78 is 0. The lowest BCUT2D eigenvalue weighted by Crippen LogP contribution is -2.49. The van der Waals surface area contributed by atoms with Gasteiger partial charge in [-0.2, -0.15) is 0 Å². The molecule has 2 saturated heterocycles. The molecule has 2 aliphatic rings. The Hall–Kier alpha value is -2.08. The van der Waals surface area contributed by atoms with E-state index in [4.69, 9.17) is 0 Å². The van der Waals surface area contributed by atoms with E-state index in [9.17, 15) is 9.59 Å². The predicted octanol–water partition coefficient (Wildman–Crippen LogP) is 2.90. The summed E-state index contributed by atoms with van der Waals surface area (Å²) in [7, 11) is 0. The Balaban J connectivity index is 1.61. The van der Waals surface area contributed by atoms with E-state index >= 15 is 0 Å². The van der Waals surface area contributed by atoms with E-state index in [1.165, 1.54) is 12.8 Å². The minimum absolute atomic E-state index is 0.00719. The minimum atomic E-state index is -0.488. The number of hydrogen-bond acceptors (Lipinski definition) is 4. The molecule has 2 heterocycles. The average molecular weight is 387 g/mol. The standard InChI is InChI=1S/C22H34N4O2/c1-3-7-20(25-21(27)17-10-11-23-16(2)14-17)22(28)24-18-8-6-9-19(15-18)26-12-4-5-13-26/h6,8-9,15-17,20,23H,3-5,7,10-14H2,1-2H3,(H,24,28)(H,25,27)/t16-,17-,20?/m0/s1. The average Bonchev–Trinajstić information content (AvgIpc) is 3.22. The zero-order chi connectivity index (χ0) is 19.9. The third kappa shape index (κ3) is 5.47. The van der Waals surface area contributed by atoms with E-state index in [-0.39, 0.29) is 17.7 Å². The van der Waals surface area contributed by atoms with Crippen LogP contribution in [0.25, 0.3) is 0 Å². The Labute approximate surface area is 168 Å². The molecule has 0 radical (unpaired) electrons. The Morgan fingerprint density at radius 2 is 2.07 bits per heavy atom. The molecule has 0 saturated carbocycles. The maximum atomic E-state index is 12.9. The highest BCUT2D eigenvalue weighted by molar-refractivity contribution is 5.97. The van der Waals surface area contributed by atoms with Crippen LogP contribution in [0.3, 0.4) is 0 Å². The molecule has 1 aromatic rings. The first-order chi connectivity index (χ1) is 13.6. The summed E-state index contributed by atoms with van der Waals surface area (Å²) in [6.07, 6.45) is 5.57. The summed E-state index contributed by atoms with van der Waals surface area (Å²) in [4.78, 5) is 27.9. The van der Waals surface area contributed by atoms with Crippen LogP contribution < -0.4 is 20.9 Å². The fraction of sp³-hybridized carbons (Fsp3) is 0.636. The van der Waals surface area contributed by atoms with E-state index in [1.807, 2.05) is 25.1 Å². The molecule has 2 fully saturated rings. The Kier molecular flexibility index (Phi) is 7.31. The van der Waals surface area contributed by atoms with Gasteiger partial charge in [0.2, 0.25) is 11.8 Å². The van der Waals surface area contributed by atoms with Gasteiger partial charge in [-0.1, -0.05) is 19.4 Å². The van der Waals surface area contributed by atoms with Gasteiger partial charge in [0.25, 0.3) is 0 Å². The van der Waals surface area contributed by atoms with Crippen LogP contribution in [0.2, 0.25) is 0 Å². The highest BCUT2D eigenvalue weighted by atomic mass is 16.2. The molecule has 6 nitrogen and oxygen atoms in total. The van der Waals surface area contributed by atoms with Gasteiger partial charge in [0.15, 0.2) is 0 Å². The van der Waals surface area contributed by atoms with Crippen LogP contribution in [0.4, 0.5) is 11.4 Å². The van der Waals surface area contributed by atoms with Gasteiger partial charge in [-0.3, -0.25) is 9.59 Å². The molecule has 1 aromatic carbocycles. The van der Waals surface area contributed by atoms with Gasteiger partial charge < -0.3 is 20.9 Å². The third-order valence-corrected chi connectivity index (χ3v) is 5.79. The summed E-state index contributed by atoms with van der Waals surface area (Å²) in [5.74, 6) is -0.134. The van der Waals surface area contributed by atoms with E-state index in [0.29, 0.717) is 12.5 Å². The third-order valence-electron chi connectivity index (χ3n) is 5.79. The zero-order valence-corrected chi connectivity index (χ0v) is 17.2. The van der Waals surface area contributed by atoms with Crippen molar-refractivity contribution in [3.63, 3.8) is 0 Å². The molecule has 0 aliphatic carbocycles. The second-order valence-corrected chi connectivity index (χ2v) is 8.16. The summed E-state index contributed by atoms with van der Waals surface area (Å²) in [5.41, 5.74) is 1.94. The van der Waals surface area contributed by atoms with Crippen LogP contribution in [0, 0.1) is 5.92 Å². The molecule has 3 N–H and O–H groups in total. The molecule has 3 atom stereocenters. The minimum Gasteiger partial charge on any atom is -0.371 e. The van der Waals surface area contributed by atoms with Crippen molar-refractivity contribution in [2.75, 3.05) is 29.9 Å². The molecule has 1 unspecified atom stereocenters. The van der Waals surface area contributed by atoms with Crippen LogP contribution in [0.5, 0.6) is 0 Å². The van der Waals surface area contributed by atoms with Crippen molar-refractivity contribution in [3.8, 4) is 0 Å². The van der Waals surface area contributed by atoms with Crippen molar-refractivity contribution < 1.29 is 9.59 Å². The molecule has 0 bridgehead atoms. The van der Waals surface area contributed by atoms with E-state index in [2.05, 4.69) is 33.8 Å². The Morgan fingerprint density at radius 3 is 2.79 bits per heavy atom. The largest absolute Gasteiger partial charge is 0.371 e. The molecule has 2 amide bonds. The summed E-state index contributed by atoms with van der Waals surface area (Å²) >= 11 is 0. The van der Waals surface area contributed by atoms with Crippen LogP contribution >= 0.6 is 0 Å².